The van der Waals surface area contributed by atoms with Crippen molar-refractivity contribution < 1.29 is 9.84 Å². The molecular weight excluding hydrogens is 250 g/mol. The van der Waals surface area contributed by atoms with Crippen LogP contribution in [0.25, 0.3) is 0 Å². The van der Waals surface area contributed by atoms with Crippen LogP contribution in [0, 0.1) is 11.8 Å². The second-order valence-corrected chi connectivity index (χ2v) is 6.24. The molecule has 1 aromatic carbocycles. The fourth-order valence-corrected chi connectivity index (χ4v) is 3.45. The summed E-state index contributed by atoms with van der Waals surface area (Å²) in [6, 6.07) is 10.5. The van der Waals surface area contributed by atoms with E-state index >= 15 is 0 Å². The van der Waals surface area contributed by atoms with Gasteiger partial charge in [-0.3, -0.25) is 0 Å². The number of hydrogen-bond donors (Lipinski definition) is 2. The van der Waals surface area contributed by atoms with Crippen LogP contribution in [0.15, 0.2) is 30.3 Å². The Bertz CT molecular complexity index is 403. The molecule has 1 aliphatic rings. The minimum Gasteiger partial charge on any atom is -0.396 e. The highest BCUT2D eigenvalue weighted by Gasteiger charge is 2.44. The van der Waals surface area contributed by atoms with Crippen molar-refractivity contribution in [1.29, 1.82) is 0 Å². The quantitative estimate of drug-likeness (QED) is 0.868. The van der Waals surface area contributed by atoms with Crippen LogP contribution in [-0.2, 0) is 10.2 Å². The molecule has 20 heavy (non-hydrogen) atoms. The van der Waals surface area contributed by atoms with Crippen LogP contribution in [0.1, 0.15) is 32.3 Å². The lowest BCUT2D eigenvalue weighted by molar-refractivity contribution is -0.0643. The number of rotatable bonds is 5. The molecule has 3 heteroatoms. The van der Waals surface area contributed by atoms with Gasteiger partial charge in [0.25, 0.3) is 0 Å². The van der Waals surface area contributed by atoms with Crippen molar-refractivity contribution >= 4 is 0 Å². The largest absolute Gasteiger partial charge is 0.396 e. The van der Waals surface area contributed by atoms with Gasteiger partial charge < -0.3 is 15.6 Å². The molecule has 2 rings (SSSR count). The summed E-state index contributed by atoms with van der Waals surface area (Å²) in [7, 11) is 0. The topological polar surface area (TPSA) is 55.5 Å². The summed E-state index contributed by atoms with van der Waals surface area (Å²) >= 11 is 0. The number of benzene rings is 1. The van der Waals surface area contributed by atoms with E-state index in [9.17, 15) is 5.11 Å². The SMILES string of the molecule is CC(C)[C@@H]1C[C@](c2ccccc2)([C@H](CN)CO)CCO1. The van der Waals surface area contributed by atoms with Crippen molar-refractivity contribution in [2.75, 3.05) is 19.8 Å². The predicted molar refractivity (Wildman–Crippen MR) is 81.6 cm³/mol. The van der Waals surface area contributed by atoms with Crippen LogP contribution in [-0.4, -0.2) is 31.0 Å². The molecule has 0 aromatic heterocycles. The zero-order chi connectivity index (χ0) is 14.6. The summed E-state index contributed by atoms with van der Waals surface area (Å²) in [6.45, 7) is 5.78. The molecule has 3 N–H and O–H groups in total. The van der Waals surface area contributed by atoms with Gasteiger partial charge in [-0.25, -0.2) is 0 Å². The molecule has 112 valence electrons. The van der Waals surface area contributed by atoms with E-state index in [0.717, 1.165) is 19.4 Å². The molecule has 1 fully saturated rings. The Hall–Kier alpha value is -0.900. The van der Waals surface area contributed by atoms with E-state index in [1.54, 1.807) is 0 Å². The molecule has 0 saturated carbocycles. The number of ether oxygens (including phenoxy) is 1. The molecule has 3 nitrogen and oxygen atoms in total. The van der Waals surface area contributed by atoms with Gasteiger partial charge in [-0.2, -0.15) is 0 Å². The van der Waals surface area contributed by atoms with Gasteiger partial charge in [-0.05, 0) is 30.9 Å². The molecule has 3 atom stereocenters. The van der Waals surface area contributed by atoms with Crippen LogP contribution in [0.3, 0.4) is 0 Å². The van der Waals surface area contributed by atoms with Crippen molar-refractivity contribution in [3.8, 4) is 0 Å². The van der Waals surface area contributed by atoms with E-state index in [1.807, 2.05) is 6.07 Å². The van der Waals surface area contributed by atoms with Crippen molar-refractivity contribution in [2.45, 2.75) is 38.2 Å². The van der Waals surface area contributed by atoms with Crippen LogP contribution in [0.2, 0.25) is 0 Å². The molecule has 0 spiro atoms. The first kappa shape index (κ1) is 15.5. The maximum atomic E-state index is 9.81. The van der Waals surface area contributed by atoms with Crippen LogP contribution < -0.4 is 5.73 Å². The van der Waals surface area contributed by atoms with Crippen LogP contribution >= 0.6 is 0 Å². The fraction of sp³-hybridized carbons (Fsp3) is 0.647. The standard InChI is InChI=1S/C17H27NO2/c1-13(2)16-10-17(8-9-20-16,15(11-18)12-19)14-6-4-3-5-7-14/h3-7,13,15-16,19H,8-12,18H2,1-2H3/t15-,16+,17-/m1/s1. The third-order valence-electron chi connectivity index (χ3n) is 4.82. The highest BCUT2D eigenvalue weighted by molar-refractivity contribution is 5.28. The lowest BCUT2D eigenvalue weighted by atomic mass is 9.63. The Morgan fingerprint density at radius 1 is 1.35 bits per heavy atom. The second kappa shape index (κ2) is 6.70. The number of hydrogen-bond acceptors (Lipinski definition) is 3. The average Bonchev–Trinajstić information content (AvgIpc) is 2.49. The van der Waals surface area contributed by atoms with Crippen LogP contribution in [0.5, 0.6) is 0 Å². The van der Waals surface area contributed by atoms with Gasteiger partial charge in [0, 0.05) is 24.5 Å². The van der Waals surface area contributed by atoms with E-state index in [2.05, 4.69) is 38.1 Å². The molecular formula is C17H27NO2. The maximum Gasteiger partial charge on any atom is 0.0606 e. The van der Waals surface area contributed by atoms with Gasteiger partial charge in [0.2, 0.25) is 0 Å². The fourth-order valence-electron chi connectivity index (χ4n) is 3.45. The Morgan fingerprint density at radius 2 is 2.05 bits per heavy atom. The van der Waals surface area contributed by atoms with Gasteiger partial charge in [-0.1, -0.05) is 44.2 Å². The molecule has 0 unspecified atom stereocenters. The van der Waals surface area contributed by atoms with Crippen molar-refractivity contribution in [3.63, 3.8) is 0 Å². The Labute approximate surface area is 122 Å². The first-order valence-electron chi connectivity index (χ1n) is 7.62. The van der Waals surface area contributed by atoms with E-state index in [0.29, 0.717) is 12.5 Å². The van der Waals surface area contributed by atoms with Gasteiger partial charge in [0.05, 0.1) is 6.10 Å². The summed E-state index contributed by atoms with van der Waals surface area (Å²) in [5, 5.41) is 9.81. The first-order chi connectivity index (χ1) is 9.64. The van der Waals surface area contributed by atoms with E-state index in [1.165, 1.54) is 5.56 Å². The highest BCUT2D eigenvalue weighted by Crippen LogP contribution is 2.44. The Morgan fingerprint density at radius 3 is 2.60 bits per heavy atom. The van der Waals surface area contributed by atoms with Gasteiger partial charge in [-0.15, -0.1) is 0 Å². The molecule has 0 bridgehead atoms. The van der Waals surface area contributed by atoms with E-state index < -0.39 is 0 Å². The Kier molecular flexibility index (Phi) is 5.19. The maximum absolute atomic E-state index is 9.81. The molecule has 1 saturated heterocycles. The third-order valence-corrected chi connectivity index (χ3v) is 4.82. The van der Waals surface area contributed by atoms with Gasteiger partial charge >= 0.3 is 0 Å². The van der Waals surface area contributed by atoms with E-state index in [4.69, 9.17) is 10.5 Å². The summed E-state index contributed by atoms with van der Waals surface area (Å²) in [5.41, 5.74) is 7.19. The van der Waals surface area contributed by atoms with Crippen molar-refractivity contribution in [1.82, 2.24) is 0 Å². The zero-order valence-corrected chi connectivity index (χ0v) is 12.6. The Balaban J connectivity index is 2.39. The average molecular weight is 277 g/mol. The van der Waals surface area contributed by atoms with Crippen LogP contribution in [0.4, 0.5) is 0 Å². The monoisotopic (exact) mass is 277 g/mol. The molecule has 0 radical (unpaired) electrons. The normalized spacial score (nSPS) is 28.6. The summed E-state index contributed by atoms with van der Waals surface area (Å²) in [4.78, 5) is 0. The zero-order valence-electron chi connectivity index (χ0n) is 12.6. The predicted octanol–water partition coefficient (Wildman–Crippen LogP) is 2.33. The summed E-state index contributed by atoms with van der Waals surface area (Å²) < 4.78 is 5.93. The summed E-state index contributed by atoms with van der Waals surface area (Å²) in [6.07, 6.45) is 2.12. The molecule has 0 aliphatic carbocycles. The molecule has 1 aliphatic heterocycles. The molecule has 1 aromatic rings. The minimum atomic E-state index is -0.0576. The van der Waals surface area contributed by atoms with Gasteiger partial charge in [0.1, 0.15) is 0 Å². The first-order valence-corrected chi connectivity index (χ1v) is 7.62. The minimum absolute atomic E-state index is 0.0576. The number of aliphatic hydroxyl groups is 1. The highest BCUT2D eigenvalue weighted by atomic mass is 16.5. The molecule has 1 heterocycles. The van der Waals surface area contributed by atoms with Gasteiger partial charge in [0.15, 0.2) is 0 Å². The second-order valence-electron chi connectivity index (χ2n) is 6.24. The lowest BCUT2D eigenvalue weighted by Gasteiger charge is -2.47. The lowest BCUT2D eigenvalue weighted by Crippen LogP contribution is -2.49. The van der Waals surface area contributed by atoms with Crippen molar-refractivity contribution in [2.24, 2.45) is 17.6 Å². The van der Waals surface area contributed by atoms with E-state index in [-0.39, 0.29) is 24.0 Å². The summed E-state index contributed by atoms with van der Waals surface area (Å²) in [5.74, 6) is 0.575. The number of nitrogens with two attached hydrogens (primary N) is 1. The molecule has 0 amide bonds. The van der Waals surface area contributed by atoms with Crippen molar-refractivity contribution in [3.05, 3.63) is 35.9 Å². The number of aliphatic hydroxyl groups excluding tert-OH is 1. The third kappa shape index (κ3) is 2.90. The smallest absolute Gasteiger partial charge is 0.0606 e.